The molecule has 7 nitrogen and oxygen atoms in total. The number of thiophene rings is 1. The summed E-state index contributed by atoms with van der Waals surface area (Å²) in [5.41, 5.74) is 1.40. The largest absolute Gasteiger partial charge is 0.494 e. The van der Waals surface area contributed by atoms with Gasteiger partial charge in [0.2, 0.25) is 0 Å². The van der Waals surface area contributed by atoms with Crippen molar-refractivity contribution in [2.45, 2.75) is 6.92 Å². The fourth-order valence-electron chi connectivity index (χ4n) is 2.95. The van der Waals surface area contributed by atoms with Gasteiger partial charge >= 0.3 is 5.69 Å². The number of ether oxygens (including phenoxy) is 1. The number of nitrogens with one attached hydrogen (secondary N) is 1. The van der Waals surface area contributed by atoms with Crippen molar-refractivity contribution in [1.82, 2.24) is 14.5 Å². The third-order valence-electron chi connectivity index (χ3n) is 4.57. The van der Waals surface area contributed by atoms with Crippen LogP contribution in [-0.4, -0.2) is 27.9 Å². The second-order valence-electron chi connectivity index (χ2n) is 6.73. The van der Waals surface area contributed by atoms with E-state index in [0.29, 0.717) is 20.7 Å². The van der Waals surface area contributed by atoms with Crippen LogP contribution in [0.4, 0.5) is 4.39 Å². The maximum absolute atomic E-state index is 13.9. The minimum atomic E-state index is -0.613. The summed E-state index contributed by atoms with van der Waals surface area (Å²) < 4.78 is 20.1. The second kappa shape index (κ2) is 8.89. The van der Waals surface area contributed by atoms with E-state index in [0.717, 1.165) is 33.2 Å². The van der Waals surface area contributed by atoms with Crippen molar-refractivity contribution in [2.24, 2.45) is 4.99 Å². The maximum Gasteiger partial charge on any atom is 0.333 e. The molecule has 0 fully saturated rings. The van der Waals surface area contributed by atoms with Crippen molar-refractivity contribution in [1.29, 1.82) is 0 Å². The summed E-state index contributed by atoms with van der Waals surface area (Å²) in [5, 5.41) is 0.164. The normalized spacial score (nSPS) is 11.8. The van der Waals surface area contributed by atoms with Crippen LogP contribution in [0.2, 0.25) is 5.02 Å². The van der Waals surface area contributed by atoms with Crippen LogP contribution in [-0.2, 0) is 0 Å². The summed E-state index contributed by atoms with van der Waals surface area (Å²) in [6.45, 7) is 1.88. The molecule has 0 bridgehead atoms. The fourth-order valence-corrected chi connectivity index (χ4v) is 4.34. The van der Waals surface area contributed by atoms with Crippen LogP contribution >= 0.6 is 22.9 Å². The Hall–Kier alpha value is -3.56. The molecule has 0 amide bonds. The molecule has 0 radical (unpaired) electrons. The number of halogens is 2. The zero-order chi connectivity index (χ0) is 22.8. The lowest BCUT2D eigenvalue weighted by atomic mass is 10.1. The van der Waals surface area contributed by atoms with Gasteiger partial charge in [-0.3, -0.25) is 14.8 Å². The molecule has 3 aromatic heterocycles. The van der Waals surface area contributed by atoms with E-state index in [1.54, 1.807) is 18.5 Å². The summed E-state index contributed by atoms with van der Waals surface area (Å²) in [6.07, 6.45) is 5.86. The number of hydrogen-bond acceptors (Lipinski definition) is 6. The highest BCUT2D eigenvalue weighted by molar-refractivity contribution is 7.22. The number of methoxy groups -OCH3 is 1. The van der Waals surface area contributed by atoms with Gasteiger partial charge in [-0.15, -0.1) is 11.3 Å². The SMILES string of the molecule is COc1cc(-c2cc3[nH]c(=O)n(/C=C/N=Cc4ccc(C)nc4)c(=O)c3s2)c(Cl)cc1F. The molecule has 0 aliphatic heterocycles. The molecule has 0 spiro atoms. The maximum atomic E-state index is 13.9. The zero-order valence-corrected chi connectivity index (χ0v) is 18.5. The van der Waals surface area contributed by atoms with Crippen LogP contribution in [0.1, 0.15) is 11.3 Å². The molecule has 0 unspecified atom stereocenters. The molecule has 0 aliphatic carbocycles. The number of H-pyrrole nitrogens is 1. The molecular weight excluding hydrogens is 455 g/mol. The Morgan fingerprint density at radius 2 is 2.09 bits per heavy atom. The zero-order valence-electron chi connectivity index (χ0n) is 16.9. The number of aryl methyl sites for hydroxylation is 1. The highest BCUT2D eigenvalue weighted by Gasteiger charge is 2.16. The first kappa shape index (κ1) is 21.7. The first-order chi connectivity index (χ1) is 15.4. The Balaban J connectivity index is 1.70. The van der Waals surface area contributed by atoms with Crippen molar-refractivity contribution in [2.75, 3.05) is 7.11 Å². The summed E-state index contributed by atoms with van der Waals surface area (Å²) >= 11 is 7.32. The fraction of sp³-hybridized carbons (Fsp3) is 0.0909. The van der Waals surface area contributed by atoms with Gasteiger partial charge in [-0.25, -0.2) is 13.8 Å². The average molecular weight is 471 g/mol. The first-order valence-corrected chi connectivity index (χ1v) is 10.5. The molecule has 162 valence electrons. The highest BCUT2D eigenvalue weighted by Crippen LogP contribution is 2.38. The summed E-state index contributed by atoms with van der Waals surface area (Å²) in [4.78, 5) is 36.8. The van der Waals surface area contributed by atoms with E-state index >= 15 is 0 Å². The van der Waals surface area contributed by atoms with Gasteiger partial charge in [-0.1, -0.05) is 17.7 Å². The van der Waals surface area contributed by atoms with E-state index in [4.69, 9.17) is 16.3 Å². The van der Waals surface area contributed by atoms with E-state index in [2.05, 4.69) is 15.0 Å². The third kappa shape index (κ3) is 4.25. The Labute approximate surface area is 190 Å². The second-order valence-corrected chi connectivity index (χ2v) is 8.19. The number of aromatic nitrogens is 3. The molecule has 32 heavy (non-hydrogen) atoms. The van der Waals surface area contributed by atoms with Gasteiger partial charge in [-0.2, -0.15) is 0 Å². The lowest BCUT2D eigenvalue weighted by Crippen LogP contribution is -2.30. The topological polar surface area (TPSA) is 89.3 Å². The Bertz CT molecular complexity index is 1490. The molecule has 0 atom stereocenters. The van der Waals surface area contributed by atoms with Gasteiger partial charge in [0.05, 0.1) is 17.6 Å². The van der Waals surface area contributed by atoms with E-state index in [9.17, 15) is 14.0 Å². The number of benzene rings is 1. The molecule has 10 heteroatoms. The van der Waals surface area contributed by atoms with Crippen LogP contribution in [0.25, 0.3) is 26.9 Å². The molecule has 0 aliphatic rings. The minimum absolute atomic E-state index is 0.0253. The van der Waals surface area contributed by atoms with E-state index < -0.39 is 17.1 Å². The smallest absolute Gasteiger partial charge is 0.333 e. The van der Waals surface area contributed by atoms with Gasteiger partial charge < -0.3 is 9.72 Å². The number of nitrogens with zero attached hydrogens (tertiary/aromatic N) is 3. The first-order valence-electron chi connectivity index (χ1n) is 9.31. The summed E-state index contributed by atoms with van der Waals surface area (Å²) in [7, 11) is 1.35. The van der Waals surface area contributed by atoms with Crippen molar-refractivity contribution >= 4 is 45.6 Å². The quantitative estimate of drug-likeness (QED) is 0.436. The predicted octanol–water partition coefficient (Wildman–Crippen LogP) is 4.47. The average Bonchev–Trinajstić information content (AvgIpc) is 3.18. The van der Waals surface area contributed by atoms with E-state index in [-0.39, 0.29) is 10.8 Å². The molecule has 3 heterocycles. The van der Waals surface area contributed by atoms with Gasteiger partial charge in [0, 0.05) is 46.5 Å². The molecule has 1 aromatic carbocycles. The Kier molecular flexibility index (Phi) is 6.02. The number of pyridine rings is 1. The standard InChI is InChI=1S/C22H16ClFN4O3S/c1-12-3-4-13(11-26-12)10-25-5-6-28-21(29)20-17(27-22(28)30)9-19(32-20)14-7-18(31-2)16(24)8-15(14)23/h3-11H,1-2H3,(H,27,30)/b6-5+,25-10?. The highest BCUT2D eigenvalue weighted by atomic mass is 35.5. The number of fused-ring (bicyclic) bond motifs is 1. The molecule has 0 saturated carbocycles. The molecular formula is C22H16ClFN4O3S. The predicted molar refractivity (Wildman–Crippen MR) is 126 cm³/mol. The van der Waals surface area contributed by atoms with Gasteiger partial charge in [0.25, 0.3) is 5.56 Å². The van der Waals surface area contributed by atoms with Crippen LogP contribution in [0, 0.1) is 12.7 Å². The van der Waals surface area contributed by atoms with E-state index in [1.807, 2.05) is 19.1 Å². The van der Waals surface area contributed by atoms with Crippen molar-refractivity contribution in [3.63, 3.8) is 0 Å². The molecule has 0 saturated heterocycles. The lowest BCUT2D eigenvalue weighted by Gasteiger charge is -2.06. The molecule has 4 aromatic rings. The van der Waals surface area contributed by atoms with Crippen molar-refractivity contribution in [3.05, 3.63) is 85.7 Å². The van der Waals surface area contributed by atoms with Crippen LogP contribution in [0.5, 0.6) is 5.75 Å². The van der Waals surface area contributed by atoms with Crippen LogP contribution in [0.15, 0.2) is 57.3 Å². The summed E-state index contributed by atoms with van der Waals surface area (Å²) in [5.74, 6) is -0.567. The minimum Gasteiger partial charge on any atom is -0.494 e. The lowest BCUT2D eigenvalue weighted by molar-refractivity contribution is 0.387. The van der Waals surface area contributed by atoms with Crippen LogP contribution in [0.3, 0.4) is 0 Å². The monoisotopic (exact) mass is 470 g/mol. The Morgan fingerprint density at radius 1 is 1.28 bits per heavy atom. The Morgan fingerprint density at radius 3 is 2.81 bits per heavy atom. The number of hydrogen-bond donors (Lipinski definition) is 1. The van der Waals surface area contributed by atoms with Gasteiger partial charge in [0.1, 0.15) is 4.70 Å². The molecule has 1 N–H and O–H groups in total. The summed E-state index contributed by atoms with van der Waals surface area (Å²) in [6, 6.07) is 7.93. The molecule has 4 rings (SSSR count). The third-order valence-corrected chi connectivity index (χ3v) is 6.04. The van der Waals surface area contributed by atoms with Gasteiger partial charge in [-0.05, 0) is 31.2 Å². The number of aliphatic imine (C=N–C) groups is 1. The van der Waals surface area contributed by atoms with E-state index in [1.165, 1.54) is 25.6 Å². The van der Waals surface area contributed by atoms with Crippen molar-refractivity contribution < 1.29 is 9.13 Å². The van der Waals surface area contributed by atoms with Crippen LogP contribution < -0.4 is 16.0 Å². The van der Waals surface area contributed by atoms with Gasteiger partial charge in [0.15, 0.2) is 11.6 Å². The van der Waals surface area contributed by atoms with Crippen molar-refractivity contribution in [3.8, 4) is 16.2 Å². The number of aromatic amines is 1. The number of rotatable bonds is 5.